The van der Waals surface area contributed by atoms with Gasteiger partial charge in [0.1, 0.15) is 10.6 Å². The van der Waals surface area contributed by atoms with Gasteiger partial charge in [0.25, 0.3) is 0 Å². The van der Waals surface area contributed by atoms with Gasteiger partial charge in [-0.2, -0.15) is 8.42 Å². The standard InChI is InChI=1S/C26H31NO3S2.ClH/c1-3-16-27(17-15-23-7-5-18-31-23)22-11-14-25-21(19-22)6-4-8-26(25)30-32(28,29)24-12-9-20(2)10-13-24;/h4-10,12-13,18,22H,3,11,14-17,19H2,1-2H3;1H/t22-;/m0./s1. The van der Waals surface area contributed by atoms with Crippen LogP contribution in [0.3, 0.4) is 0 Å². The number of rotatable bonds is 9. The number of aryl methyl sites for hydroxylation is 1. The van der Waals surface area contributed by atoms with Gasteiger partial charge in [-0.15, -0.1) is 23.7 Å². The van der Waals surface area contributed by atoms with Crippen LogP contribution in [0, 0.1) is 6.92 Å². The summed E-state index contributed by atoms with van der Waals surface area (Å²) in [5.41, 5.74) is 3.26. The molecule has 0 radical (unpaired) electrons. The minimum Gasteiger partial charge on any atom is -0.379 e. The number of halogens is 1. The first-order chi connectivity index (χ1) is 15.5. The van der Waals surface area contributed by atoms with Crippen LogP contribution in [0.15, 0.2) is 64.9 Å². The first-order valence-corrected chi connectivity index (χ1v) is 13.6. The van der Waals surface area contributed by atoms with E-state index in [1.807, 2.05) is 24.3 Å². The van der Waals surface area contributed by atoms with Gasteiger partial charge in [0.05, 0.1) is 0 Å². The van der Waals surface area contributed by atoms with Crippen molar-refractivity contribution in [3.05, 3.63) is 81.5 Å². The van der Waals surface area contributed by atoms with Crippen LogP contribution in [-0.2, 0) is 29.4 Å². The van der Waals surface area contributed by atoms with Crippen molar-refractivity contribution in [3.63, 3.8) is 0 Å². The molecule has 3 aromatic rings. The molecule has 0 spiro atoms. The molecule has 0 bridgehead atoms. The van der Waals surface area contributed by atoms with Crippen molar-refractivity contribution in [2.24, 2.45) is 0 Å². The van der Waals surface area contributed by atoms with E-state index < -0.39 is 10.1 Å². The summed E-state index contributed by atoms with van der Waals surface area (Å²) in [4.78, 5) is 4.23. The summed E-state index contributed by atoms with van der Waals surface area (Å²) in [5, 5.41) is 2.14. The largest absolute Gasteiger partial charge is 0.379 e. The fourth-order valence-corrected chi connectivity index (χ4v) is 6.14. The summed E-state index contributed by atoms with van der Waals surface area (Å²) in [5.74, 6) is 0.474. The van der Waals surface area contributed by atoms with E-state index in [9.17, 15) is 8.42 Å². The summed E-state index contributed by atoms with van der Waals surface area (Å²) < 4.78 is 31.3. The van der Waals surface area contributed by atoms with Crippen LogP contribution in [0.4, 0.5) is 0 Å². The Morgan fingerprint density at radius 3 is 2.55 bits per heavy atom. The van der Waals surface area contributed by atoms with Crippen molar-refractivity contribution < 1.29 is 12.6 Å². The molecule has 7 heteroatoms. The third-order valence-electron chi connectivity index (χ3n) is 6.18. The molecule has 0 unspecified atom stereocenters. The topological polar surface area (TPSA) is 46.6 Å². The Morgan fingerprint density at radius 2 is 1.85 bits per heavy atom. The van der Waals surface area contributed by atoms with Crippen molar-refractivity contribution in [2.75, 3.05) is 13.1 Å². The first kappa shape index (κ1) is 25.8. The van der Waals surface area contributed by atoms with Gasteiger partial charge in [0.2, 0.25) is 0 Å². The fourth-order valence-electron chi connectivity index (χ4n) is 4.49. The first-order valence-electron chi connectivity index (χ1n) is 11.3. The van der Waals surface area contributed by atoms with Crippen molar-refractivity contribution in [1.29, 1.82) is 0 Å². The number of thiophene rings is 1. The van der Waals surface area contributed by atoms with E-state index >= 15 is 0 Å². The highest BCUT2D eigenvalue weighted by Gasteiger charge is 2.27. The summed E-state index contributed by atoms with van der Waals surface area (Å²) in [6.07, 6.45) is 4.99. The average molecular weight is 506 g/mol. The van der Waals surface area contributed by atoms with Crippen LogP contribution in [0.25, 0.3) is 0 Å². The molecule has 2 aromatic carbocycles. The van der Waals surface area contributed by atoms with E-state index in [2.05, 4.69) is 35.4 Å². The molecular formula is C26H32ClNO3S2. The number of hydrogen-bond acceptors (Lipinski definition) is 5. The van der Waals surface area contributed by atoms with Crippen LogP contribution in [0.5, 0.6) is 5.75 Å². The Morgan fingerprint density at radius 1 is 1.06 bits per heavy atom. The van der Waals surface area contributed by atoms with Gasteiger partial charge in [-0.25, -0.2) is 0 Å². The van der Waals surface area contributed by atoms with Gasteiger partial charge in [0.15, 0.2) is 0 Å². The average Bonchev–Trinajstić information content (AvgIpc) is 3.30. The molecule has 4 rings (SSSR count). The number of nitrogens with zero attached hydrogens (tertiary/aromatic N) is 1. The molecule has 1 aliphatic carbocycles. The molecule has 1 aromatic heterocycles. The number of benzene rings is 2. The van der Waals surface area contributed by atoms with E-state index in [1.165, 1.54) is 10.4 Å². The monoisotopic (exact) mass is 505 g/mol. The Kier molecular flexibility index (Phi) is 8.99. The van der Waals surface area contributed by atoms with E-state index in [-0.39, 0.29) is 17.3 Å². The maximum atomic E-state index is 12.8. The molecule has 1 heterocycles. The molecule has 0 saturated carbocycles. The van der Waals surface area contributed by atoms with Crippen LogP contribution >= 0.6 is 23.7 Å². The van der Waals surface area contributed by atoms with Crippen LogP contribution in [0.2, 0.25) is 0 Å². The maximum absolute atomic E-state index is 12.8. The molecule has 1 atom stereocenters. The molecule has 0 saturated heterocycles. The minimum atomic E-state index is -3.85. The summed E-state index contributed by atoms with van der Waals surface area (Å²) in [7, 11) is -3.85. The Hall–Kier alpha value is -1.86. The fraction of sp³-hybridized carbons (Fsp3) is 0.385. The number of fused-ring (bicyclic) bond motifs is 1. The zero-order chi connectivity index (χ0) is 22.6. The van der Waals surface area contributed by atoms with Crippen molar-refractivity contribution in [2.45, 2.75) is 56.9 Å². The highest BCUT2D eigenvalue weighted by atomic mass is 35.5. The van der Waals surface area contributed by atoms with Crippen LogP contribution in [-0.4, -0.2) is 32.4 Å². The van der Waals surface area contributed by atoms with Crippen molar-refractivity contribution >= 4 is 33.9 Å². The summed E-state index contributed by atoms with van der Waals surface area (Å²) in [6.45, 7) is 6.32. The minimum absolute atomic E-state index is 0. The molecule has 4 nitrogen and oxygen atoms in total. The lowest BCUT2D eigenvalue weighted by molar-refractivity contribution is 0.182. The van der Waals surface area contributed by atoms with Gasteiger partial charge in [0, 0.05) is 17.5 Å². The predicted molar refractivity (Wildman–Crippen MR) is 138 cm³/mol. The highest BCUT2D eigenvalue weighted by molar-refractivity contribution is 7.87. The normalized spacial score (nSPS) is 15.7. The zero-order valence-electron chi connectivity index (χ0n) is 19.2. The maximum Gasteiger partial charge on any atom is 0.339 e. The van der Waals surface area contributed by atoms with E-state index in [0.29, 0.717) is 11.8 Å². The third kappa shape index (κ3) is 6.38. The van der Waals surface area contributed by atoms with Gasteiger partial charge in [-0.3, -0.25) is 4.90 Å². The lowest BCUT2D eigenvalue weighted by atomic mass is 9.86. The number of hydrogen-bond donors (Lipinski definition) is 0. The smallest absolute Gasteiger partial charge is 0.339 e. The lowest BCUT2D eigenvalue weighted by Gasteiger charge is -2.35. The highest BCUT2D eigenvalue weighted by Crippen LogP contribution is 2.33. The van der Waals surface area contributed by atoms with Crippen molar-refractivity contribution in [1.82, 2.24) is 4.90 Å². The molecule has 0 fully saturated rings. The lowest BCUT2D eigenvalue weighted by Crippen LogP contribution is -2.41. The van der Waals surface area contributed by atoms with E-state index in [0.717, 1.165) is 56.3 Å². The van der Waals surface area contributed by atoms with Gasteiger partial charge in [-0.05, 0) is 86.3 Å². The van der Waals surface area contributed by atoms with E-state index in [1.54, 1.807) is 30.3 Å². The molecular weight excluding hydrogens is 474 g/mol. The Balaban J connectivity index is 0.00000306. The Labute approximate surface area is 208 Å². The zero-order valence-corrected chi connectivity index (χ0v) is 21.6. The Bertz CT molecular complexity index is 1130. The summed E-state index contributed by atoms with van der Waals surface area (Å²) in [6, 6.07) is 17.4. The van der Waals surface area contributed by atoms with Gasteiger partial charge in [-0.1, -0.05) is 42.8 Å². The molecule has 0 aliphatic heterocycles. The van der Waals surface area contributed by atoms with Crippen LogP contribution < -0.4 is 4.18 Å². The second kappa shape index (κ2) is 11.5. The molecule has 1 aliphatic rings. The van der Waals surface area contributed by atoms with Gasteiger partial charge < -0.3 is 4.18 Å². The predicted octanol–water partition coefficient (Wildman–Crippen LogP) is 6.06. The SMILES string of the molecule is CCCN(CCc1cccs1)[C@H]1CCc2c(cccc2OS(=O)(=O)c2ccc(C)cc2)C1.Cl. The summed E-state index contributed by atoms with van der Waals surface area (Å²) >= 11 is 1.82. The third-order valence-corrected chi connectivity index (χ3v) is 8.36. The van der Waals surface area contributed by atoms with Crippen LogP contribution in [0.1, 0.15) is 41.3 Å². The van der Waals surface area contributed by atoms with E-state index in [4.69, 9.17) is 4.18 Å². The molecule has 178 valence electrons. The van der Waals surface area contributed by atoms with Crippen molar-refractivity contribution in [3.8, 4) is 5.75 Å². The molecule has 33 heavy (non-hydrogen) atoms. The second-order valence-corrected chi connectivity index (χ2v) is 11.1. The molecule has 0 amide bonds. The quantitative estimate of drug-likeness (QED) is 0.332. The van der Waals surface area contributed by atoms with Gasteiger partial charge >= 0.3 is 10.1 Å². The molecule has 0 N–H and O–H groups in total. The second-order valence-electron chi connectivity index (χ2n) is 8.51.